The molecule has 0 fully saturated rings. The molecule has 0 aromatic heterocycles. The van der Waals surface area contributed by atoms with Crippen molar-refractivity contribution in [3.05, 3.63) is 58.7 Å². The first-order valence-electron chi connectivity index (χ1n) is 5.99. The Morgan fingerprint density at radius 1 is 1.21 bits per heavy atom. The van der Waals surface area contributed by atoms with E-state index >= 15 is 0 Å². The number of anilines is 1. The second-order valence-corrected chi connectivity index (χ2v) is 4.56. The van der Waals surface area contributed by atoms with Crippen LogP contribution in [0.3, 0.4) is 0 Å². The number of nitrogen functional groups attached to an aromatic ring is 1. The molecule has 1 heterocycles. The summed E-state index contributed by atoms with van der Waals surface area (Å²) in [7, 11) is 0. The first-order valence-corrected chi connectivity index (χ1v) is 5.99. The van der Waals surface area contributed by atoms with E-state index in [-0.39, 0.29) is 12.4 Å². The van der Waals surface area contributed by atoms with Crippen LogP contribution in [0.4, 0.5) is 5.69 Å². The van der Waals surface area contributed by atoms with Crippen LogP contribution in [0.1, 0.15) is 27.0 Å². The van der Waals surface area contributed by atoms with Crippen molar-refractivity contribution in [3.63, 3.8) is 0 Å². The van der Waals surface area contributed by atoms with E-state index in [1.807, 2.05) is 19.1 Å². The fraction of sp³-hybridized carbons (Fsp3) is 0.133. The molecule has 0 atom stereocenters. The number of aryl methyl sites for hydroxylation is 1. The van der Waals surface area contributed by atoms with Crippen molar-refractivity contribution in [1.29, 1.82) is 0 Å². The van der Waals surface area contributed by atoms with E-state index in [1.54, 1.807) is 24.3 Å². The molecule has 1 aliphatic heterocycles. The zero-order valence-corrected chi connectivity index (χ0v) is 10.5. The monoisotopic (exact) mass is 255 g/mol. The van der Waals surface area contributed by atoms with Crippen LogP contribution in [-0.2, 0) is 11.5 Å². The van der Waals surface area contributed by atoms with Gasteiger partial charge in [0.1, 0.15) is 6.61 Å². The number of rotatable bonds is 0. The lowest BCUT2D eigenvalue weighted by Gasteiger charge is -2.17. The van der Waals surface area contributed by atoms with E-state index in [9.17, 15) is 4.79 Å². The van der Waals surface area contributed by atoms with E-state index in [0.29, 0.717) is 22.6 Å². The van der Waals surface area contributed by atoms with Crippen molar-refractivity contribution in [2.24, 2.45) is 0 Å². The van der Waals surface area contributed by atoms with Crippen LogP contribution in [0.25, 0.3) is 0 Å². The molecule has 2 N–H and O–H groups in total. The second kappa shape index (κ2) is 4.40. The highest BCUT2D eigenvalue weighted by molar-refractivity contribution is 6.14. The molecule has 3 rings (SSSR count). The van der Waals surface area contributed by atoms with Gasteiger partial charge in [-0.3, -0.25) is 4.79 Å². The van der Waals surface area contributed by atoms with Crippen LogP contribution in [0, 0.1) is 6.92 Å². The summed E-state index contributed by atoms with van der Waals surface area (Å²) in [5, 5.41) is 0. The van der Waals surface area contributed by atoms with Crippen LogP contribution in [0.5, 0.6) is 5.75 Å². The van der Waals surface area contributed by atoms with E-state index in [1.165, 1.54) is 0 Å². The molecule has 4 heteroatoms. The number of carbonyl (C=O) groups is 1. The summed E-state index contributed by atoms with van der Waals surface area (Å²) < 4.78 is 0. The quantitative estimate of drug-likeness (QED) is 0.580. The van der Waals surface area contributed by atoms with Gasteiger partial charge in [0.25, 0.3) is 0 Å². The highest BCUT2D eigenvalue weighted by atomic mass is 17.2. The maximum Gasteiger partial charge on any atom is 0.199 e. The third kappa shape index (κ3) is 1.96. The Hall–Kier alpha value is -2.33. The Labute approximate surface area is 110 Å². The molecule has 0 spiro atoms. The molecule has 4 nitrogen and oxygen atoms in total. The lowest BCUT2D eigenvalue weighted by atomic mass is 9.95. The number of hydrogen-bond acceptors (Lipinski definition) is 4. The molecule has 0 bridgehead atoms. The molecule has 0 unspecified atom stereocenters. The van der Waals surface area contributed by atoms with Crippen molar-refractivity contribution >= 4 is 11.5 Å². The molecule has 0 radical (unpaired) electrons. The molecule has 1 aliphatic rings. The summed E-state index contributed by atoms with van der Waals surface area (Å²) in [6.07, 6.45) is 0. The van der Waals surface area contributed by atoms with Gasteiger partial charge in [0.15, 0.2) is 11.5 Å². The Morgan fingerprint density at radius 2 is 2.05 bits per heavy atom. The molecule has 0 saturated carbocycles. The lowest BCUT2D eigenvalue weighted by molar-refractivity contribution is -0.218. The Morgan fingerprint density at radius 3 is 2.89 bits per heavy atom. The highest BCUT2D eigenvalue weighted by Crippen LogP contribution is 2.31. The summed E-state index contributed by atoms with van der Waals surface area (Å²) in [5.41, 5.74) is 9.10. The maximum atomic E-state index is 12.6. The minimum absolute atomic E-state index is 0.133. The summed E-state index contributed by atoms with van der Waals surface area (Å²) in [4.78, 5) is 23.0. The summed E-state index contributed by atoms with van der Waals surface area (Å²) in [6, 6.07) is 10.7. The molecule has 96 valence electrons. The van der Waals surface area contributed by atoms with Crippen molar-refractivity contribution in [3.8, 4) is 5.75 Å². The predicted molar refractivity (Wildman–Crippen MR) is 70.9 cm³/mol. The van der Waals surface area contributed by atoms with Gasteiger partial charge >= 0.3 is 0 Å². The van der Waals surface area contributed by atoms with E-state index in [0.717, 1.165) is 11.1 Å². The van der Waals surface area contributed by atoms with Crippen molar-refractivity contribution < 1.29 is 14.6 Å². The maximum absolute atomic E-state index is 12.6. The molecular formula is C15H13NO3. The lowest BCUT2D eigenvalue weighted by Crippen LogP contribution is -2.15. The average molecular weight is 255 g/mol. The molecule has 0 aliphatic carbocycles. The van der Waals surface area contributed by atoms with E-state index < -0.39 is 0 Å². The zero-order chi connectivity index (χ0) is 13.4. The molecular weight excluding hydrogens is 242 g/mol. The third-order valence-corrected chi connectivity index (χ3v) is 3.15. The topological polar surface area (TPSA) is 61.6 Å². The Balaban J connectivity index is 2.21. The largest absolute Gasteiger partial charge is 0.398 e. The molecule has 0 amide bonds. The minimum atomic E-state index is -0.133. The molecule has 19 heavy (non-hydrogen) atoms. The first kappa shape index (κ1) is 11.7. The van der Waals surface area contributed by atoms with Gasteiger partial charge in [0, 0.05) is 11.3 Å². The van der Waals surface area contributed by atoms with Gasteiger partial charge in [-0.15, -0.1) is 0 Å². The van der Waals surface area contributed by atoms with E-state index in [4.69, 9.17) is 15.5 Å². The normalized spacial score (nSPS) is 13.8. The number of hydrogen-bond donors (Lipinski definition) is 1. The second-order valence-electron chi connectivity index (χ2n) is 4.56. The van der Waals surface area contributed by atoms with E-state index in [2.05, 4.69) is 0 Å². The number of nitrogens with two attached hydrogens (primary N) is 1. The fourth-order valence-electron chi connectivity index (χ4n) is 2.22. The third-order valence-electron chi connectivity index (χ3n) is 3.15. The molecule has 2 aromatic carbocycles. The van der Waals surface area contributed by atoms with Crippen LogP contribution in [-0.4, -0.2) is 5.78 Å². The van der Waals surface area contributed by atoms with Gasteiger partial charge < -0.3 is 10.6 Å². The number of fused-ring (bicyclic) bond motifs is 2. The van der Waals surface area contributed by atoms with Crippen molar-refractivity contribution in [2.75, 3.05) is 5.73 Å². The van der Waals surface area contributed by atoms with Gasteiger partial charge in [0.2, 0.25) is 0 Å². The van der Waals surface area contributed by atoms with Crippen molar-refractivity contribution in [2.45, 2.75) is 13.5 Å². The van der Waals surface area contributed by atoms with Gasteiger partial charge in [-0.05, 0) is 24.6 Å². The number of ketones is 1. The smallest absolute Gasteiger partial charge is 0.199 e. The van der Waals surface area contributed by atoms with Gasteiger partial charge in [-0.25, -0.2) is 0 Å². The Kier molecular flexibility index (Phi) is 2.72. The molecule has 0 saturated heterocycles. The fourth-order valence-corrected chi connectivity index (χ4v) is 2.22. The minimum Gasteiger partial charge on any atom is -0.398 e. The summed E-state index contributed by atoms with van der Waals surface area (Å²) in [5.74, 6) is 0.225. The summed E-state index contributed by atoms with van der Waals surface area (Å²) in [6.45, 7) is 2.20. The van der Waals surface area contributed by atoms with Crippen LogP contribution < -0.4 is 10.6 Å². The Bertz CT molecular complexity index is 664. The SMILES string of the molecule is Cc1ccc2c(c1)COOc1cccc(N)c1C2=O. The van der Waals surface area contributed by atoms with Gasteiger partial charge in [-0.1, -0.05) is 29.8 Å². The van der Waals surface area contributed by atoms with Crippen molar-refractivity contribution in [1.82, 2.24) is 0 Å². The van der Waals surface area contributed by atoms with Gasteiger partial charge in [-0.2, -0.15) is 4.89 Å². The average Bonchev–Trinajstić information content (AvgIpc) is 2.37. The van der Waals surface area contributed by atoms with Crippen LogP contribution in [0.15, 0.2) is 36.4 Å². The zero-order valence-electron chi connectivity index (χ0n) is 10.5. The van der Waals surface area contributed by atoms with Gasteiger partial charge in [0.05, 0.1) is 5.56 Å². The van der Waals surface area contributed by atoms with Crippen LogP contribution in [0.2, 0.25) is 0 Å². The predicted octanol–water partition coefficient (Wildman–Crippen LogP) is 2.63. The standard InChI is InChI=1S/C15H13NO3/c1-9-5-6-11-10(7-9)8-18-19-13-4-2-3-12(16)14(13)15(11)17/h2-7H,8,16H2,1H3. The van der Waals surface area contributed by atoms with Crippen LogP contribution >= 0.6 is 0 Å². The summed E-state index contributed by atoms with van der Waals surface area (Å²) >= 11 is 0. The molecule has 2 aromatic rings. The number of carbonyl (C=O) groups excluding carboxylic acids is 1. The number of benzene rings is 2. The highest BCUT2D eigenvalue weighted by Gasteiger charge is 2.23. The first-order chi connectivity index (χ1) is 9.16.